The van der Waals surface area contributed by atoms with Crippen LogP contribution in [0.25, 0.3) is 0 Å². The number of esters is 1. The molecule has 0 aliphatic rings. The van der Waals surface area contributed by atoms with Crippen LogP contribution in [-0.2, 0) is 22.6 Å². The predicted octanol–water partition coefficient (Wildman–Crippen LogP) is 1.85. The molecule has 0 amide bonds. The maximum atomic E-state index is 11.5. The Balaban J connectivity index is 2.47. The van der Waals surface area contributed by atoms with E-state index in [1.54, 1.807) is 6.07 Å². The Kier molecular flexibility index (Phi) is 4.63. The van der Waals surface area contributed by atoms with Gasteiger partial charge in [-0.05, 0) is 32.9 Å². The second kappa shape index (κ2) is 5.77. The number of carbonyl (C=O) groups excluding carboxylic acids is 1. The highest BCUT2D eigenvalue weighted by Gasteiger charge is 2.16. The molecule has 1 N–H and O–H groups in total. The van der Waals surface area contributed by atoms with Crippen LogP contribution in [0.5, 0.6) is 0 Å². The second-order valence-electron chi connectivity index (χ2n) is 4.86. The third kappa shape index (κ3) is 5.45. The average Bonchev–Trinajstić information content (AvgIpc) is 2.24. The molecule has 0 aromatic carbocycles. The third-order valence-corrected chi connectivity index (χ3v) is 2.03. The fourth-order valence-corrected chi connectivity index (χ4v) is 1.38. The number of ether oxygens (including phenoxy) is 1. The third-order valence-electron chi connectivity index (χ3n) is 2.03. The van der Waals surface area contributed by atoms with Crippen molar-refractivity contribution in [2.45, 2.75) is 45.8 Å². The van der Waals surface area contributed by atoms with Crippen LogP contribution in [0, 0.1) is 0 Å². The van der Waals surface area contributed by atoms with Crippen LogP contribution < -0.4 is 0 Å². The minimum absolute atomic E-state index is 0.0831. The number of nitrogens with zero attached hydrogens (tertiary/aromatic N) is 1. The molecular formula is C13H19NO3. The molecule has 17 heavy (non-hydrogen) atoms. The SMILES string of the molecule is CC(C)(C)OC(=O)CCc1cccc(CO)n1. The summed E-state index contributed by atoms with van der Waals surface area (Å²) in [6.07, 6.45) is 0.835. The summed E-state index contributed by atoms with van der Waals surface area (Å²) in [7, 11) is 0. The zero-order valence-corrected chi connectivity index (χ0v) is 10.6. The first-order chi connectivity index (χ1) is 7.90. The van der Waals surface area contributed by atoms with Crippen LogP contribution in [0.2, 0.25) is 0 Å². The lowest BCUT2D eigenvalue weighted by molar-refractivity contribution is -0.154. The molecular weight excluding hydrogens is 218 g/mol. The van der Waals surface area contributed by atoms with Gasteiger partial charge >= 0.3 is 5.97 Å². The highest BCUT2D eigenvalue weighted by Crippen LogP contribution is 2.10. The summed E-state index contributed by atoms with van der Waals surface area (Å²) in [5.41, 5.74) is 0.964. The van der Waals surface area contributed by atoms with Gasteiger partial charge in [0.1, 0.15) is 5.60 Å². The van der Waals surface area contributed by atoms with Crippen LogP contribution >= 0.6 is 0 Å². The van der Waals surface area contributed by atoms with E-state index in [-0.39, 0.29) is 12.6 Å². The fraction of sp³-hybridized carbons (Fsp3) is 0.538. The summed E-state index contributed by atoms with van der Waals surface area (Å²) >= 11 is 0. The average molecular weight is 237 g/mol. The van der Waals surface area contributed by atoms with E-state index >= 15 is 0 Å². The summed E-state index contributed by atoms with van der Waals surface area (Å²) in [6.45, 7) is 5.45. The largest absolute Gasteiger partial charge is 0.460 e. The maximum Gasteiger partial charge on any atom is 0.306 e. The maximum absolute atomic E-state index is 11.5. The number of aromatic nitrogens is 1. The summed E-state index contributed by atoms with van der Waals surface area (Å²) in [4.78, 5) is 15.7. The van der Waals surface area contributed by atoms with E-state index in [2.05, 4.69) is 4.98 Å². The molecule has 1 aromatic heterocycles. The Bertz CT molecular complexity index is 382. The Hall–Kier alpha value is -1.42. The summed E-state index contributed by atoms with van der Waals surface area (Å²) < 4.78 is 5.20. The van der Waals surface area contributed by atoms with Crippen molar-refractivity contribution >= 4 is 5.97 Å². The second-order valence-corrected chi connectivity index (χ2v) is 4.86. The number of aliphatic hydroxyl groups excluding tert-OH is 1. The molecule has 0 bridgehead atoms. The quantitative estimate of drug-likeness (QED) is 0.812. The summed E-state index contributed by atoms with van der Waals surface area (Å²) in [5, 5.41) is 8.94. The molecule has 0 aliphatic carbocycles. The van der Waals surface area contributed by atoms with E-state index in [1.807, 2.05) is 32.9 Å². The summed E-state index contributed by atoms with van der Waals surface area (Å²) in [5.74, 6) is -0.228. The van der Waals surface area contributed by atoms with Crippen LogP contribution in [0.1, 0.15) is 38.6 Å². The van der Waals surface area contributed by atoms with Gasteiger partial charge in [0.25, 0.3) is 0 Å². The van der Waals surface area contributed by atoms with E-state index in [4.69, 9.17) is 9.84 Å². The van der Waals surface area contributed by atoms with E-state index in [0.29, 0.717) is 18.5 Å². The van der Waals surface area contributed by atoms with Gasteiger partial charge in [0.2, 0.25) is 0 Å². The lowest BCUT2D eigenvalue weighted by atomic mass is 10.1. The Labute approximate surface area is 102 Å². The van der Waals surface area contributed by atoms with Crippen LogP contribution in [0.3, 0.4) is 0 Å². The minimum atomic E-state index is -0.447. The van der Waals surface area contributed by atoms with Gasteiger partial charge in [0.05, 0.1) is 18.7 Å². The van der Waals surface area contributed by atoms with E-state index < -0.39 is 5.60 Å². The van der Waals surface area contributed by atoms with Crippen LogP contribution in [-0.4, -0.2) is 21.7 Å². The Morgan fingerprint density at radius 3 is 2.59 bits per heavy atom. The monoisotopic (exact) mass is 237 g/mol. The molecule has 1 aromatic rings. The molecule has 0 unspecified atom stereocenters. The van der Waals surface area contributed by atoms with Gasteiger partial charge in [-0.25, -0.2) is 0 Å². The van der Waals surface area contributed by atoms with E-state index in [9.17, 15) is 4.79 Å². The number of aryl methyl sites for hydroxylation is 1. The number of pyridine rings is 1. The van der Waals surface area contributed by atoms with Gasteiger partial charge < -0.3 is 9.84 Å². The topological polar surface area (TPSA) is 59.4 Å². The van der Waals surface area contributed by atoms with Crippen LogP contribution in [0.15, 0.2) is 18.2 Å². The fourth-order valence-electron chi connectivity index (χ4n) is 1.38. The molecule has 1 rings (SSSR count). The van der Waals surface area contributed by atoms with Crippen LogP contribution in [0.4, 0.5) is 0 Å². The van der Waals surface area contributed by atoms with Gasteiger partial charge in [-0.3, -0.25) is 9.78 Å². The van der Waals surface area contributed by atoms with E-state index in [0.717, 1.165) is 5.69 Å². The molecule has 4 heteroatoms. The van der Waals surface area contributed by atoms with Crippen molar-refractivity contribution in [2.75, 3.05) is 0 Å². The predicted molar refractivity (Wildman–Crippen MR) is 64.3 cm³/mol. The van der Waals surface area contributed by atoms with Crippen molar-refractivity contribution in [1.29, 1.82) is 0 Å². The van der Waals surface area contributed by atoms with Crippen molar-refractivity contribution in [1.82, 2.24) is 4.98 Å². The van der Waals surface area contributed by atoms with E-state index in [1.165, 1.54) is 0 Å². The zero-order chi connectivity index (χ0) is 12.9. The zero-order valence-electron chi connectivity index (χ0n) is 10.6. The van der Waals surface area contributed by atoms with Crippen molar-refractivity contribution in [3.05, 3.63) is 29.6 Å². The number of rotatable bonds is 4. The highest BCUT2D eigenvalue weighted by molar-refractivity contribution is 5.70. The number of aliphatic hydroxyl groups is 1. The lowest BCUT2D eigenvalue weighted by Gasteiger charge is -2.19. The van der Waals surface area contributed by atoms with Crippen molar-refractivity contribution < 1.29 is 14.6 Å². The number of hydrogen-bond acceptors (Lipinski definition) is 4. The smallest absolute Gasteiger partial charge is 0.306 e. The van der Waals surface area contributed by atoms with Crippen molar-refractivity contribution in [3.63, 3.8) is 0 Å². The van der Waals surface area contributed by atoms with Gasteiger partial charge in [-0.15, -0.1) is 0 Å². The Morgan fingerprint density at radius 2 is 2.00 bits per heavy atom. The molecule has 0 radical (unpaired) electrons. The first-order valence-electron chi connectivity index (χ1n) is 5.68. The standard InChI is InChI=1S/C13H19NO3/c1-13(2,3)17-12(16)8-7-10-5-4-6-11(9-15)14-10/h4-6,15H,7-9H2,1-3H3. The molecule has 1 heterocycles. The van der Waals surface area contributed by atoms with Gasteiger partial charge in [-0.1, -0.05) is 6.07 Å². The molecule has 0 atom stereocenters. The summed E-state index contributed by atoms with van der Waals surface area (Å²) in [6, 6.07) is 5.41. The molecule has 94 valence electrons. The molecule has 0 fully saturated rings. The molecule has 0 aliphatic heterocycles. The normalized spacial score (nSPS) is 11.3. The molecule has 4 nitrogen and oxygen atoms in total. The lowest BCUT2D eigenvalue weighted by Crippen LogP contribution is -2.24. The first kappa shape index (κ1) is 13.6. The van der Waals surface area contributed by atoms with Gasteiger partial charge in [0, 0.05) is 12.1 Å². The van der Waals surface area contributed by atoms with Crippen molar-refractivity contribution in [2.24, 2.45) is 0 Å². The molecule has 0 saturated carbocycles. The number of hydrogen-bond donors (Lipinski definition) is 1. The van der Waals surface area contributed by atoms with Crippen molar-refractivity contribution in [3.8, 4) is 0 Å². The molecule has 0 saturated heterocycles. The van der Waals surface area contributed by atoms with Gasteiger partial charge in [0.15, 0.2) is 0 Å². The Morgan fingerprint density at radius 1 is 1.35 bits per heavy atom. The van der Waals surface area contributed by atoms with Gasteiger partial charge in [-0.2, -0.15) is 0 Å². The molecule has 0 spiro atoms. The number of carbonyl (C=O) groups is 1. The minimum Gasteiger partial charge on any atom is -0.460 e. The highest BCUT2D eigenvalue weighted by atomic mass is 16.6. The first-order valence-corrected chi connectivity index (χ1v) is 5.68.